The Bertz CT molecular complexity index is 273. The van der Waals surface area contributed by atoms with Gasteiger partial charge in [0.05, 0.1) is 0 Å². The predicted octanol–water partition coefficient (Wildman–Crippen LogP) is 2.00. The van der Waals surface area contributed by atoms with E-state index in [0.717, 1.165) is 0 Å². The fourth-order valence-electron chi connectivity index (χ4n) is 0.685. The second-order valence-electron chi connectivity index (χ2n) is 2.21. The summed E-state index contributed by atoms with van der Waals surface area (Å²) in [5, 5.41) is 0.678. The van der Waals surface area contributed by atoms with Crippen LogP contribution in [-0.4, -0.2) is 11.6 Å². The quantitative estimate of drug-likeness (QED) is 0.760. The van der Waals surface area contributed by atoms with Crippen LogP contribution in [0.4, 0.5) is 0 Å². The molecule has 64 valence electrons. The van der Waals surface area contributed by atoms with Crippen LogP contribution in [0, 0.1) is 0 Å². The van der Waals surface area contributed by atoms with Gasteiger partial charge < -0.3 is 10.5 Å². The molecule has 12 heavy (non-hydrogen) atoms. The second-order valence-corrected chi connectivity index (χ2v) is 3.17. The molecule has 0 bridgehead atoms. The lowest BCUT2D eigenvalue weighted by atomic mass is 10.3. The van der Waals surface area contributed by atoms with E-state index in [0.29, 0.717) is 15.8 Å². The highest BCUT2D eigenvalue weighted by Crippen LogP contribution is 2.15. The molecule has 0 atom stereocenters. The first-order valence-corrected chi connectivity index (χ1v) is 4.14. The zero-order chi connectivity index (χ0) is 8.97. The number of thiocarbonyl (C=S) groups is 1. The minimum absolute atomic E-state index is 0.261. The van der Waals surface area contributed by atoms with Gasteiger partial charge in [-0.25, -0.2) is 0 Å². The summed E-state index contributed by atoms with van der Waals surface area (Å²) in [7, 11) is 0. The van der Waals surface area contributed by atoms with Crippen molar-refractivity contribution in [1.82, 2.24) is 0 Å². The summed E-state index contributed by atoms with van der Waals surface area (Å²) in [6, 6.07) is 7.02. The lowest BCUT2D eigenvalue weighted by Gasteiger charge is -2.03. The summed E-state index contributed by atoms with van der Waals surface area (Å²) in [5.41, 5.74) is 5.25. The Kier molecular flexibility index (Phi) is 3.31. The Morgan fingerprint density at radius 1 is 1.42 bits per heavy atom. The summed E-state index contributed by atoms with van der Waals surface area (Å²) in [6.07, 6.45) is 0. The van der Waals surface area contributed by atoms with Crippen molar-refractivity contribution >= 4 is 28.8 Å². The topological polar surface area (TPSA) is 35.2 Å². The Morgan fingerprint density at radius 3 is 2.50 bits per heavy atom. The number of ether oxygens (including phenoxy) is 1. The molecule has 0 fully saturated rings. The molecule has 0 saturated carbocycles. The van der Waals surface area contributed by atoms with E-state index in [9.17, 15) is 0 Å². The van der Waals surface area contributed by atoms with Crippen molar-refractivity contribution in [2.45, 2.75) is 0 Å². The van der Waals surface area contributed by atoms with Crippen LogP contribution in [-0.2, 0) is 0 Å². The maximum Gasteiger partial charge on any atom is 0.138 e. The molecule has 0 spiro atoms. The highest BCUT2D eigenvalue weighted by atomic mass is 35.5. The summed E-state index contributed by atoms with van der Waals surface area (Å²) >= 11 is 10.3. The van der Waals surface area contributed by atoms with Crippen LogP contribution in [0.15, 0.2) is 24.3 Å². The van der Waals surface area contributed by atoms with Crippen molar-refractivity contribution in [3.8, 4) is 5.75 Å². The molecule has 0 aromatic heterocycles. The van der Waals surface area contributed by atoms with E-state index in [2.05, 4.69) is 12.2 Å². The van der Waals surface area contributed by atoms with E-state index in [-0.39, 0.29) is 6.61 Å². The molecule has 0 amide bonds. The summed E-state index contributed by atoms with van der Waals surface area (Å²) in [6.45, 7) is 0.261. The van der Waals surface area contributed by atoms with Gasteiger partial charge in [-0.2, -0.15) is 0 Å². The van der Waals surface area contributed by atoms with Gasteiger partial charge in [-0.05, 0) is 24.3 Å². The van der Waals surface area contributed by atoms with E-state index < -0.39 is 0 Å². The van der Waals surface area contributed by atoms with Crippen LogP contribution in [0.1, 0.15) is 0 Å². The standard InChI is InChI=1S/C8H8ClNOS/c9-6-1-3-7(4-2-6)11-5-8(10)12/h1-4H,5H2,(H2,10,12). The minimum atomic E-state index is 0.261. The third kappa shape index (κ3) is 3.07. The van der Waals surface area contributed by atoms with E-state index in [1.165, 1.54) is 0 Å². The van der Waals surface area contributed by atoms with Crippen LogP contribution in [0.2, 0.25) is 5.02 Å². The highest BCUT2D eigenvalue weighted by Gasteiger charge is 1.93. The predicted molar refractivity (Wildman–Crippen MR) is 53.7 cm³/mol. The van der Waals surface area contributed by atoms with Gasteiger partial charge in [-0.3, -0.25) is 0 Å². The third-order valence-corrected chi connectivity index (χ3v) is 1.56. The molecular formula is C8H8ClNOS. The molecule has 1 aromatic rings. The fourth-order valence-corrected chi connectivity index (χ4v) is 0.870. The normalized spacial score (nSPS) is 9.42. The number of hydrogen-bond donors (Lipinski definition) is 1. The summed E-state index contributed by atoms with van der Waals surface area (Å²) in [4.78, 5) is 0.338. The van der Waals surface area contributed by atoms with E-state index in [4.69, 9.17) is 22.1 Å². The molecule has 0 radical (unpaired) electrons. The third-order valence-electron chi connectivity index (χ3n) is 1.19. The molecule has 1 aromatic carbocycles. The average Bonchev–Trinajstić information content (AvgIpc) is 2.03. The maximum atomic E-state index is 5.67. The SMILES string of the molecule is NC(=S)COc1ccc(Cl)cc1. The number of rotatable bonds is 3. The van der Waals surface area contributed by atoms with Gasteiger partial charge in [-0.1, -0.05) is 23.8 Å². The molecular weight excluding hydrogens is 194 g/mol. The van der Waals surface area contributed by atoms with E-state index >= 15 is 0 Å². The van der Waals surface area contributed by atoms with Crippen molar-refractivity contribution in [1.29, 1.82) is 0 Å². The molecule has 0 heterocycles. The van der Waals surface area contributed by atoms with Gasteiger partial charge >= 0.3 is 0 Å². The van der Waals surface area contributed by atoms with Crippen LogP contribution in [0.25, 0.3) is 0 Å². The lowest BCUT2D eigenvalue weighted by molar-refractivity contribution is 0.377. The van der Waals surface area contributed by atoms with Gasteiger partial charge in [0.15, 0.2) is 0 Å². The minimum Gasteiger partial charge on any atom is -0.487 e. The maximum absolute atomic E-state index is 5.67. The molecule has 4 heteroatoms. The Labute approximate surface area is 81.3 Å². The molecule has 0 aliphatic rings. The molecule has 0 unspecified atom stereocenters. The first-order valence-electron chi connectivity index (χ1n) is 3.35. The number of hydrogen-bond acceptors (Lipinski definition) is 2. The summed E-state index contributed by atoms with van der Waals surface area (Å²) < 4.78 is 5.20. The van der Waals surface area contributed by atoms with Crippen LogP contribution < -0.4 is 10.5 Å². The fraction of sp³-hybridized carbons (Fsp3) is 0.125. The molecule has 0 saturated heterocycles. The van der Waals surface area contributed by atoms with Crippen molar-refractivity contribution in [2.75, 3.05) is 6.61 Å². The largest absolute Gasteiger partial charge is 0.487 e. The number of halogens is 1. The molecule has 1 rings (SSSR count). The zero-order valence-corrected chi connectivity index (χ0v) is 7.86. The number of nitrogens with two attached hydrogens (primary N) is 1. The van der Waals surface area contributed by atoms with Gasteiger partial charge in [0, 0.05) is 5.02 Å². The molecule has 0 aliphatic carbocycles. The average molecular weight is 202 g/mol. The van der Waals surface area contributed by atoms with Crippen molar-refractivity contribution in [3.63, 3.8) is 0 Å². The van der Waals surface area contributed by atoms with Crippen LogP contribution in [0.3, 0.4) is 0 Å². The van der Waals surface area contributed by atoms with Gasteiger partial charge in [0.2, 0.25) is 0 Å². The van der Waals surface area contributed by atoms with Crippen LogP contribution in [0.5, 0.6) is 5.75 Å². The highest BCUT2D eigenvalue weighted by molar-refractivity contribution is 7.80. The zero-order valence-electron chi connectivity index (χ0n) is 6.29. The first kappa shape index (κ1) is 9.29. The first-order chi connectivity index (χ1) is 5.68. The molecule has 2 N–H and O–H groups in total. The van der Waals surface area contributed by atoms with Gasteiger partial charge in [-0.15, -0.1) is 0 Å². The van der Waals surface area contributed by atoms with Crippen molar-refractivity contribution < 1.29 is 4.74 Å². The smallest absolute Gasteiger partial charge is 0.138 e. The Morgan fingerprint density at radius 2 is 2.00 bits per heavy atom. The van der Waals surface area contributed by atoms with Crippen molar-refractivity contribution in [3.05, 3.63) is 29.3 Å². The van der Waals surface area contributed by atoms with Gasteiger partial charge in [0.25, 0.3) is 0 Å². The number of benzene rings is 1. The lowest BCUT2D eigenvalue weighted by Crippen LogP contribution is -2.17. The van der Waals surface area contributed by atoms with E-state index in [1.807, 2.05) is 0 Å². The molecule has 0 aliphatic heterocycles. The summed E-state index contributed by atoms with van der Waals surface area (Å²) in [5.74, 6) is 0.715. The van der Waals surface area contributed by atoms with Crippen LogP contribution >= 0.6 is 23.8 Å². The monoisotopic (exact) mass is 201 g/mol. The Hall–Kier alpha value is -0.800. The second kappa shape index (κ2) is 4.28. The Balaban J connectivity index is 2.53. The van der Waals surface area contributed by atoms with E-state index in [1.54, 1.807) is 24.3 Å². The molecule has 2 nitrogen and oxygen atoms in total. The van der Waals surface area contributed by atoms with Crippen molar-refractivity contribution in [2.24, 2.45) is 5.73 Å². The van der Waals surface area contributed by atoms with Gasteiger partial charge in [0.1, 0.15) is 17.3 Å².